The molecule has 0 aliphatic heterocycles. The van der Waals surface area contributed by atoms with Crippen molar-refractivity contribution in [1.29, 1.82) is 0 Å². The van der Waals surface area contributed by atoms with E-state index in [4.69, 9.17) is 5.21 Å². The third-order valence-electron chi connectivity index (χ3n) is 2.69. The van der Waals surface area contributed by atoms with Gasteiger partial charge in [-0.1, -0.05) is 61.3 Å². The molecular formula is C15H11Br2N3O2. The molecule has 0 radical (unpaired) electrons. The highest BCUT2D eigenvalue weighted by Gasteiger charge is 2.08. The minimum Gasteiger partial charge on any atom is -0.411 e. The lowest BCUT2D eigenvalue weighted by Crippen LogP contribution is -2.20. The molecule has 0 aromatic heterocycles. The molecule has 2 aromatic rings. The van der Waals surface area contributed by atoms with Crippen LogP contribution in [-0.2, 0) is 0 Å². The average molecular weight is 425 g/mol. The van der Waals surface area contributed by atoms with Crippen molar-refractivity contribution in [3.05, 3.63) is 68.6 Å². The van der Waals surface area contributed by atoms with E-state index in [2.05, 4.69) is 47.5 Å². The highest BCUT2D eigenvalue weighted by molar-refractivity contribution is 9.10. The third-order valence-corrected chi connectivity index (χ3v) is 3.88. The molecule has 0 spiro atoms. The molecule has 0 saturated heterocycles. The summed E-state index contributed by atoms with van der Waals surface area (Å²) in [5.74, 6) is -0.364. The van der Waals surface area contributed by atoms with Gasteiger partial charge in [-0.2, -0.15) is 5.10 Å². The van der Waals surface area contributed by atoms with Crippen LogP contribution in [0, 0.1) is 0 Å². The highest BCUT2D eigenvalue weighted by atomic mass is 79.9. The largest absolute Gasteiger partial charge is 0.411 e. The Kier molecular flexibility index (Phi) is 5.85. The normalized spacial score (nSPS) is 11.6. The summed E-state index contributed by atoms with van der Waals surface area (Å²) in [4.78, 5) is 12.1. The van der Waals surface area contributed by atoms with Crippen LogP contribution in [0.2, 0.25) is 0 Å². The zero-order valence-corrected chi connectivity index (χ0v) is 14.4. The Hall–Kier alpha value is -1.99. The second-order valence-corrected chi connectivity index (χ2v) is 5.94. The molecule has 0 atom stereocenters. The Morgan fingerprint density at radius 3 is 2.59 bits per heavy atom. The maximum absolute atomic E-state index is 12.1. The lowest BCUT2D eigenvalue weighted by atomic mass is 10.1. The van der Waals surface area contributed by atoms with Crippen molar-refractivity contribution in [1.82, 2.24) is 5.43 Å². The van der Waals surface area contributed by atoms with Gasteiger partial charge in [0.2, 0.25) is 0 Å². The van der Waals surface area contributed by atoms with Gasteiger partial charge in [-0.3, -0.25) is 4.79 Å². The van der Waals surface area contributed by atoms with E-state index < -0.39 is 0 Å². The maximum atomic E-state index is 12.1. The van der Waals surface area contributed by atoms with Crippen LogP contribution >= 0.6 is 31.9 Å². The van der Waals surface area contributed by atoms with E-state index in [0.29, 0.717) is 16.8 Å². The van der Waals surface area contributed by atoms with Gasteiger partial charge in [0.05, 0.1) is 6.21 Å². The van der Waals surface area contributed by atoms with Crippen LogP contribution in [0.5, 0.6) is 0 Å². The monoisotopic (exact) mass is 423 g/mol. The van der Waals surface area contributed by atoms with Gasteiger partial charge in [0, 0.05) is 20.1 Å². The second-order valence-electron chi connectivity index (χ2n) is 4.17. The van der Waals surface area contributed by atoms with E-state index in [1.807, 2.05) is 24.3 Å². The van der Waals surface area contributed by atoms with E-state index in [1.54, 1.807) is 24.3 Å². The molecule has 0 fully saturated rings. The van der Waals surface area contributed by atoms with E-state index >= 15 is 0 Å². The fraction of sp³-hybridized carbons (Fsp3) is 0. The number of rotatable bonds is 4. The third kappa shape index (κ3) is 4.25. The van der Waals surface area contributed by atoms with Gasteiger partial charge >= 0.3 is 0 Å². The molecule has 112 valence electrons. The highest BCUT2D eigenvalue weighted by Crippen LogP contribution is 2.16. The van der Waals surface area contributed by atoms with Crippen LogP contribution in [0.15, 0.2) is 67.7 Å². The molecule has 0 bridgehead atoms. The summed E-state index contributed by atoms with van der Waals surface area (Å²) in [6.45, 7) is 0. The lowest BCUT2D eigenvalue weighted by Gasteiger charge is -2.05. The number of halogens is 2. The van der Waals surface area contributed by atoms with Crippen LogP contribution in [-0.4, -0.2) is 23.0 Å². The fourth-order valence-corrected chi connectivity index (χ4v) is 2.57. The molecule has 1 amide bonds. The molecule has 2 rings (SSSR count). The van der Waals surface area contributed by atoms with Crippen molar-refractivity contribution in [2.45, 2.75) is 0 Å². The second kappa shape index (κ2) is 7.86. The number of benzene rings is 2. The van der Waals surface area contributed by atoms with Crippen molar-refractivity contribution >= 4 is 49.7 Å². The number of carbonyl (C=O) groups excluding carboxylic acids is 1. The molecule has 0 unspecified atom stereocenters. The predicted molar refractivity (Wildman–Crippen MR) is 92.6 cm³/mol. The first-order chi connectivity index (χ1) is 10.6. The summed E-state index contributed by atoms with van der Waals surface area (Å²) >= 11 is 6.69. The van der Waals surface area contributed by atoms with Gasteiger partial charge < -0.3 is 5.21 Å². The van der Waals surface area contributed by atoms with Gasteiger partial charge in [0.15, 0.2) is 0 Å². The number of nitrogens with one attached hydrogen (secondary N) is 1. The first-order valence-electron chi connectivity index (χ1n) is 6.17. The van der Waals surface area contributed by atoms with E-state index in [1.165, 1.54) is 0 Å². The Morgan fingerprint density at radius 1 is 1.14 bits per heavy atom. The summed E-state index contributed by atoms with van der Waals surface area (Å²) in [5, 5.41) is 15.8. The van der Waals surface area contributed by atoms with Crippen molar-refractivity contribution in [3.63, 3.8) is 0 Å². The van der Waals surface area contributed by atoms with Gasteiger partial charge in [0.25, 0.3) is 5.91 Å². The van der Waals surface area contributed by atoms with Crippen LogP contribution in [0.3, 0.4) is 0 Å². The van der Waals surface area contributed by atoms with Crippen molar-refractivity contribution < 1.29 is 10.0 Å². The molecule has 0 aliphatic carbocycles. The molecule has 0 aliphatic rings. The molecule has 0 saturated carbocycles. The summed E-state index contributed by atoms with van der Waals surface area (Å²) in [6, 6.07) is 14.2. The number of hydrazone groups is 1. The summed E-state index contributed by atoms with van der Waals surface area (Å²) < 4.78 is 1.57. The minimum atomic E-state index is -0.364. The summed E-state index contributed by atoms with van der Waals surface area (Å²) in [7, 11) is 0. The molecule has 2 N–H and O–H groups in total. The summed E-state index contributed by atoms with van der Waals surface area (Å²) in [6.07, 6.45) is 1.15. The first kappa shape index (κ1) is 16.4. The quantitative estimate of drug-likeness (QED) is 0.445. The van der Waals surface area contributed by atoms with E-state index in [9.17, 15) is 4.79 Å². The van der Waals surface area contributed by atoms with E-state index in [-0.39, 0.29) is 5.91 Å². The molecule has 7 heteroatoms. The summed E-state index contributed by atoms with van der Waals surface area (Å²) in [5.41, 5.74) is 3.91. The number of amides is 1. The predicted octanol–water partition coefficient (Wildman–Crippen LogP) is 3.81. The Labute approximate surface area is 144 Å². The van der Waals surface area contributed by atoms with Crippen molar-refractivity contribution in [3.8, 4) is 0 Å². The van der Waals surface area contributed by atoms with Gasteiger partial charge in [0.1, 0.15) is 5.71 Å². The smallest absolute Gasteiger partial charge is 0.271 e. The van der Waals surface area contributed by atoms with Crippen molar-refractivity contribution in [2.75, 3.05) is 0 Å². The lowest BCUT2D eigenvalue weighted by molar-refractivity contribution is 0.0955. The number of hydrogen-bond acceptors (Lipinski definition) is 4. The minimum absolute atomic E-state index is 0.318. The number of hydrogen-bond donors (Lipinski definition) is 2. The average Bonchev–Trinajstić information content (AvgIpc) is 2.52. The molecule has 5 nitrogen and oxygen atoms in total. The SMILES string of the molecule is O=C(NN=C(C=NO)c1ccccc1Br)c1cccc(Br)c1. The standard InChI is InChI=1S/C15H11Br2N3O2/c16-11-5-3-4-10(8-11)15(21)20-19-14(9-18-22)12-6-1-2-7-13(12)17/h1-9,22H,(H,20,21). The van der Waals surface area contributed by atoms with Crippen molar-refractivity contribution in [2.24, 2.45) is 10.3 Å². The molecule has 0 heterocycles. The van der Waals surface area contributed by atoms with Gasteiger partial charge in [-0.05, 0) is 24.3 Å². The maximum Gasteiger partial charge on any atom is 0.271 e. The van der Waals surface area contributed by atoms with Gasteiger partial charge in [-0.15, -0.1) is 0 Å². The van der Waals surface area contributed by atoms with Crippen LogP contribution in [0.4, 0.5) is 0 Å². The molecule has 22 heavy (non-hydrogen) atoms. The zero-order valence-electron chi connectivity index (χ0n) is 11.2. The first-order valence-corrected chi connectivity index (χ1v) is 7.76. The zero-order chi connectivity index (χ0) is 15.9. The fourth-order valence-electron chi connectivity index (χ4n) is 1.69. The Balaban J connectivity index is 2.25. The molecular weight excluding hydrogens is 414 g/mol. The number of oxime groups is 1. The van der Waals surface area contributed by atoms with Crippen LogP contribution in [0.1, 0.15) is 15.9 Å². The number of nitrogens with zero attached hydrogens (tertiary/aromatic N) is 2. The Bertz CT molecular complexity index is 745. The van der Waals surface area contributed by atoms with Crippen LogP contribution in [0.25, 0.3) is 0 Å². The van der Waals surface area contributed by atoms with Gasteiger partial charge in [-0.25, -0.2) is 5.43 Å². The topological polar surface area (TPSA) is 74.0 Å². The Morgan fingerprint density at radius 2 is 1.91 bits per heavy atom. The molecule has 2 aromatic carbocycles. The van der Waals surface area contributed by atoms with E-state index in [0.717, 1.165) is 15.2 Å². The van der Waals surface area contributed by atoms with Crippen LogP contribution < -0.4 is 5.43 Å². The number of carbonyl (C=O) groups is 1.